The van der Waals surface area contributed by atoms with Gasteiger partial charge in [-0.05, 0) is 19.4 Å². The number of rotatable bonds is 4. The molecule has 0 unspecified atom stereocenters. The minimum absolute atomic E-state index is 0.147. The fourth-order valence-electron chi connectivity index (χ4n) is 1.97. The first-order valence-electron chi connectivity index (χ1n) is 6.16. The summed E-state index contributed by atoms with van der Waals surface area (Å²) in [4.78, 5) is 17.9. The molecule has 1 aliphatic rings. The SMILES string of the molecule is CCCn1ncnc1CN1CCCNCC1=O. The molecule has 1 aromatic rings. The van der Waals surface area contributed by atoms with Crippen LogP contribution in [0.15, 0.2) is 6.33 Å². The lowest BCUT2D eigenvalue weighted by Crippen LogP contribution is -2.35. The zero-order chi connectivity index (χ0) is 12.1. The van der Waals surface area contributed by atoms with Crippen LogP contribution in [0.4, 0.5) is 0 Å². The van der Waals surface area contributed by atoms with Gasteiger partial charge in [0.2, 0.25) is 5.91 Å². The van der Waals surface area contributed by atoms with Crippen molar-refractivity contribution in [2.45, 2.75) is 32.9 Å². The predicted molar refractivity (Wildman–Crippen MR) is 63.2 cm³/mol. The van der Waals surface area contributed by atoms with Crippen LogP contribution in [0, 0.1) is 0 Å². The Hall–Kier alpha value is -1.43. The summed E-state index contributed by atoms with van der Waals surface area (Å²) in [6, 6.07) is 0. The fraction of sp³-hybridized carbons (Fsp3) is 0.727. The average Bonchev–Trinajstić information content (AvgIpc) is 2.64. The number of nitrogens with one attached hydrogen (secondary N) is 1. The van der Waals surface area contributed by atoms with Crippen LogP contribution in [0.5, 0.6) is 0 Å². The van der Waals surface area contributed by atoms with Gasteiger partial charge < -0.3 is 10.2 Å². The van der Waals surface area contributed by atoms with Crippen LogP contribution in [0.3, 0.4) is 0 Å². The molecular formula is C11H19N5O. The van der Waals surface area contributed by atoms with Gasteiger partial charge >= 0.3 is 0 Å². The third-order valence-electron chi connectivity index (χ3n) is 2.87. The van der Waals surface area contributed by atoms with E-state index in [1.807, 2.05) is 9.58 Å². The number of carbonyl (C=O) groups excluding carboxylic acids is 1. The van der Waals surface area contributed by atoms with E-state index in [4.69, 9.17) is 0 Å². The molecular weight excluding hydrogens is 218 g/mol. The molecule has 6 nitrogen and oxygen atoms in total. The van der Waals surface area contributed by atoms with Crippen LogP contribution in [0.1, 0.15) is 25.6 Å². The number of aryl methyl sites for hydroxylation is 1. The molecule has 0 radical (unpaired) electrons. The second-order valence-corrected chi connectivity index (χ2v) is 4.25. The first-order valence-corrected chi connectivity index (χ1v) is 6.16. The fourth-order valence-corrected chi connectivity index (χ4v) is 1.97. The summed E-state index contributed by atoms with van der Waals surface area (Å²) in [5, 5.41) is 7.28. The number of aromatic nitrogens is 3. The molecule has 2 rings (SSSR count). The number of nitrogens with zero attached hydrogens (tertiary/aromatic N) is 4. The molecule has 0 atom stereocenters. The molecule has 1 amide bonds. The second-order valence-electron chi connectivity index (χ2n) is 4.25. The van der Waals surface area contributed by atoms with Gasteiger partial charge in [0, 0.05) is 13.1 Å². The summed E-state index contributed by atoms with van der Waals surface area (Å²) in [6.45, 7) is 5.67. The van der Waals surface area contributed by atoms with Crippen molar-refractivity contribution in [3.63, 3.8) is 0 Å². The van der Waals surface area contributed by atoms with Crippen molar-refractivity contribution in [2.75, 3.05) is 19.6 Å². The molecule has 17 heavy (non-hydrogen) atoms. The molecule has 1 saturated heterocycles. The van der Waals surface area contributed by atoms with Gasteiger partial charge in [0.1, 0.15) is 12.2 Å². The van der Waals surface area contributed by atoms with Crippen LogP contribution >= 0.6 is 0 Å². The molecule has 1 N–H and O–H groups in total. The Morgan fingerprint density at radius 3 is 3.24 bits per heavy atom. The number of amides is 1. The third kappa shape index (κ3) is 3.03. The van der Waals surface area contributed by atoms with Gasteiger partial charge in [-0.3, -0.25) is 4.79 Å². The van der Waals surface area contributed by atoms with Crippen molar-refractivity contribution in [1.82, 2.24) is 25.0 Å². The zero-order valence-electron chi connectivity index (χ0n) is 10.2. The smallest absolute Gasteiger partial charge is 0.236 e. The summed E-state index contributed by atoms with van der Waals surface area (Å²) in [7, 11) is 0. The summed E-state index contributed by atoms with van der Waals surface area (Å²) in [5.74, 6) is 1.02. The molecule has 1 aromatic heterocycles. The third-order valence-corrected chi connectivity index (χ3v) is 2.87. The summed E-state index contributed by atoms with van der Waals surface area (Å²) < 4.78 is 1.88. The van der Waals surface area contributed by atoms with Crippen molar-refractivity contribution >= 4 is 5.91 Å². The Bertz CT molecular complexity index is 376. The second kappa shape index (κ2) is 5.77. The molecule has 0 aliphatic carbocycles. The normalized spacial score (nSPS) is 17.2. The maximum absolute atomic E-state index is 11.8. The Labute approximate surface area is 101 Å². The van der Waals surface area contributed by atoms with Gasteiger partial charge in [-0.25, -0.2) is 9.67 Å². The highest BCUT2D eigenvalue weighted by Crippen LogP contribution is 2.05. The van der Waals surface area contributed by atoms with Gasteiger partial charge in [0.05, 0.1) is 13.1 Å². The highest BCUT2D eigenvalue weighted by Gasteiger charge is 2.18. The van der Waals surface area contributed by atoms with E-state index in [1.165, 1.54) is 0 Å². The van der Waals surface area contributed by atoms with Crippen LogP contribution in [-0.4, -0.2) is 45.2 Å². The molecule has 1 aliphatic heterocycles. The number of hydrogen-bond acceptors (Lipinski definition) is 4. The molecule has 6 heteroatoms. The molecule has 94 valence electrons. The molecule has 0 bridgehead atoms. The topological polar surface area (TPSA) is 63.1 Å². The van der Waals surface area contributed by atoms with Crippen LogP contribution < -0.4 is 5.32 Å². The van der Waals surface area contributed by atoms with E-state index in [2.05, 4.69) is 22.3 Å². The van der Waals surface area contributed by atoms with Crippen molar-refractivity contribution in [2.24, 2.45) is 0 Å². The van der Waals surface area contributed by atoms with Crippen LogP contribution in [0.2, 0.25) is 0 Å². The van der Waals surface area contributed by atoms with Crippen molar-refractivity contribution < 1.29 is 4.79 Å². The van der Waals surface area contributed by atoms with Gasteiger partial charge in [-0.2, -0.15) is 5.10 Å². The Morgan fingerprint density at radius 1 is 1.53 bits per heavy atom. The summed E-state index contributed by atoms with van der Waals surface area (Å²) in [5.41, 5.74) is 0. The largest absolute Gasteiger partial charge is 0.334 e. The standard InChI is InChI=1S/C11H19N5O/c1-2-5-16-10(13-9-14-16)8-15-6-3-4-12-7-11(15)17/h9,12H,2-8H2,1H3. The zero-order valence-corrected chi connectivity index (χ0v) is 10.2. The highest BCUT2D eigenvalue weighted by atomic mass is 16.2. The van der Waals surface area contributed by atoms with Crippen molar-refractivity contribution in [3.05, 3.63) is 12.2 Å². The maximum Gasteiger partial charge on any atom is 0.236 e. The van der Waals surface area contributed by atoms with Gasteiger partial charge in [0.25, 0.3) is 0 Å². The number of carbonyl (C=O) groups is 1. The number of hydrogen-bond donors (Lipinski definition) is 1. The summed E-state index contributed by atoms with van der Waals surface area (Å²) in [6.07, 6.45) is 3.57. The lowest BCUT2D eigenvalue weighted by molar-refractivity contribution is -0.130. The predicted octanol–water partition coefficient (Wildman–Crippen LogP) is 0.0100. The van der Waals surface area contributed by atoms with E-state index < -0.39 is 0 Å². The van der Waals surface area contributed by atoms with E-state index in [0.717, 1.165) is 38.3 Å². The van der Waals surface area contributed by atoms with E-state index in [1.54, 1.807) is 6.33 Å². The molecule has 0 aromatic carbocycles. The van der Waals surface area contributed by atoms with E-state index in [-0.39, 0.29) is 5.91 Å². The minimum Gasteiger partial charge on any atom is -0.334 e. The Morgan fingerprint density at radius 2 is 2.41 bits per heavy atom. The first-order chi connectivity index (χ1) is 8.31. The molecule has 1 fully saturated rings. The molecule has 0 spiro atoms. The lowest BCUT2D eigenvalue weighted by Gasteiger charge is -2.19. The Kier molecular flexibility index (Phi) is 4.08. The quantitative estimate of drug-likeness (QED) is 0.801. The van der Waals surface area contributed by atoms with E-state index >= 15 is 0 Å². The molecule has 0 saturated carbocycles. The first kappa shape index (κ1) is 12.0. The Balaban J connectivity index is 2.02. The maximum atomic E-state index is 11.8. The van der Waals surface area contributed by atoms with Gasteiger partial charge in [0.15, 0.2) is 0 Å². The van der Waals surface area contributed by atoms with Crippen LogP contribution in [-0.2, 0) is 17.9 Å². The average molecular weight is 237 g/mol. The minimum atomic E-state index is 0.147. The highest BCUT2D eigenvalue weighted by molar-refractivity contribution is 5.78. The monoisotopic (exact) mass is 237 g/mol. The summed E-state index contributed by atoms with van der Waals surface area (Å²) >= 11 is 0. The van der Waals surface area contributed by atoms with E-state index in [0.29, 0.717) is 13.1 Å². The van der Waals surface area contributed by atoms with Crippen molar-refractivity contribution in [3.8, 4) is 0 Å². The molecule has 2 heterocycles. The van der Waals surface area contributed by atoms with Crippen LogP contribution in [0.25, 0.3) is 0 Å². The van der Waals surface area contributed by atoms with Crippen molar-refractivity contribution in [1.29, 1.82) is 0 Å². The van der Waals surface area contributed by atoms with Gasteiger partial charge in [-0.1, -0.05) is 6.92 Å². The van der Waals surface area contributed by atoms with E-state index in [9.17, 15) is 4.79 Å². The lowest BCUT2D eigenvalue weighted by atomic mass is 10.3. The van der Waals surface area contributed by atoms with Gasteiger partial charge in [-0.15, -0.1) is 0 Å².